The highest BCUT2D eigenvalue weighted by atomic mass is 32.2. The Labute approximate surface area is 66.6 Å². The Morgan fingerprint density at radius 2 is 2.40 bits per heavy atom. The van der Waals surface area contributed by atoms with Gasteiger partial charge in [0.2, 0.25) is 0 Å². The Morgan fingerprint density at radius 1 is 1.60 bits per heavy atom. The number of aryl methyl sites for hydroxylation is 1. The second-order valence-electron chi connectivity index (χ2n) is 2.12. The molecule has 0 unspecified atom stereocenters. The number of hydrogen-bond donors (Lipinski definition) is 0. The molecule has 0 saturated heterocycles. The van der Waals surface area contributed by atoms with Crippen LogP contribution in [0.25, 0.3) is 0 Å². The normalized spacial score (nSPS) is 9.80. The van der Waals surface area contributed by atoms with Crippen molar-refractivity contribution in [1.29, 1.82) is 0 Å². The van der Waals surface area contributed by atoms with E-state index in [0.717, 1.165) is 6.42 Å². The van der Waals surface area contributed by atoms with Crippen LogP contribution in [0.1, 0.15) is 12.5 Å². The molecule has 0 aromatic heterocycles. The van der Waals surface area contributed by atoms with Gasteiger partial charge in [-0.3, -0.25) is 0 Å². The van der Waals surface area contributed by atoms with E-state index in [4.69, 9.17) is 0 Å². The summed E-state index contributed by atoms with van der Waals surface area (Å²) in [6.07, 6.45) is 3.19. The van der Waals surface area contributed by atoms with E-state index in [2.05, 4.69) is 31.4 Å². The zero-order valence-corrected chi connectivity index (χ0v) is 7.16. The Balaban J connectivity index is 2.87. The number of rotatable bonds is 2. The third-order valence-corrected chi connectivity index (χ3v) is 2.14. The fourth-order valence-electron chi connectivity index (χ4n) is 0.827. The van der Waals surface area contributed by atoms with Crippen LogP contribution in [0.3, 0.4) is 0 Å². The van der Waals surface area contributed by atoms with Crippen molar-refractivity contribution in [3.8, 4) is 0 Å². The van der Waals surface area contributed by atoms with Crippen LogP contribution < -0.4 is 0 Å². The van der Waals surface area contributed by atoms with Gasteiger partial charge in [0, 0.05) is 4.90 Å². The first kappa shape index (κ1) is 7.67. The topological polar surface area (TPSA) is 0 Å². The highest BCUT2D eigenvalue weighted by Crippen LogP contribution is 2.14. The molecule has 0 spiro atoms. The Kier molecular flexibility index (Phi) is 2.82. The Bertz CT molecular complexity index is 186. The van der Waals surface area contributed by atoms with Gasteiger partial charge in [0.1, 0.15) is 0 Å². The fourth-order valence-corrected chi connectivity index (χ4v) is 1.28. The minimum atomic E-state index is 1.11. The molecule has 0 nitrogen and oxygen atoms in total. The van der Waals surface area contributed by atoms with Gasteiger partial charge >= 0.3 is 0 Å². The summed E-state index contributed by atoms with van der Waals surface area (Å²) in [5.74, 6) is 0. The number of benzene rings is 1. The molecule has 0 fully saturated rings. The summed E-state index contributed by atoms with van der Waals surface area (Å²) in [7, 11) is 0. The van der Waals surface area contributed by atoms with E-state index in [1.54, 1.807) is 11.8 Å². The largest absolute Gasteiger partial charge is 0.129 e. The molecule has 0 heterocycles. The van der Waals surface area contributed by atoms with Gasteiger partial charge in [0.15, 0.2) is 0 Å². The lowest BCUT2D eigenvalue weighted by Gasteiger charge is -1.97. The molecule has 1 heteroatoms. The van der Waals surface area contributed by atoms with Gasteiger partial charge in [0.05, 0.1) is 0 Å². The van der Waals surface area contributed by atoms with Gasteiger partial charge in [-0.05, 0) is 30.4 Å². The Morgan fingerprint density at radius 3 is 3.00 bits per heavy atom. The van der Waals surface area contributed by atoms with Crippen LogP contribution in [0.4, 0.5) is 0 Å². The van der Waals surface area contributed by atoms with Crippen molar-refractivity contribution in [3.05, 3.63) is 29.8 Å². The first-order chi connectivity index (χ1) is 4.86. The maximum Gasteiger partial charge on any atom is 0.0151 e. The highest BCUT2D eigenvalue weighted by Gasteiger charge is 1.90. The van der Waals surface area contributed by atoms with E-state index >= 15 is 0 Å². The maximum atomic E-state index is 3.16. The standard InChI is InChI=1S/C9H11S/c1-3-8-5-4-6-9(7-8)10-2/h4-5,7H,3H2,1-2H3. The van der Waals surface area contributed by atoms with E-state index in [1.165, 1.54) is 10.5 Å². The van der Waals surface area contributed by atoms with Gasteiger partial charge in [-0.2, -0.15) is 0 Å². The Hall–Kier alpha value is -0.430. The molecule has 10 heavy (non-hydrogen) atoms. The maximum absolute atomic E-state index is 3.16. The summed E-state index contributed by atoms with van der Waals surface area (Å²) in [6, 6.07) is 9.44. The van der Waals surface area contributed by atoms with Gasteiger partial charge in [-0.15, -0.1) is 11.8 Å². The van der Waals surface area contributed by atoms with E-state index in [-0.39, 0.29) is 0 Å². The quantitative estimate of drug-likeness (QED) is 0.586. The lowest BCUT2D eigenvalue weighted by atomic mass is 10.2. The molecule has 0 amide bonds. The average molecular weight is 151 g/mol. The lowest BCUT2D eigenvalue weighted by Crippen LogP contribution is -1.78. The molecule has 0 aliphatic rings. The van der Waals surface area contributed by atoms with Crippen molar-refractivity contribution in [3.63, 3.8) is 0 Å². The van der Waals surface area contributed by atoms with Crippen LogP contribution in [-0.2, 0) is 6.42 Å². The van der Waals surface area contributed by atoms with Crippen molar-refractivity contribution >= 4 is 11.8 Å². The number of hydrogen-bond acceptors (Lipinski definition) is 1. The van der Waals surface area contributed by atoms with Gasteiger partial charge < -0.3 is 0 Å². The minimum Gasteiger partial charge on any atom is -0.129 e. The zero-order valence-electron chi connectivity index (χ0n) is 6.35. The van der Waals surface area contributed by atoms with E-state index in [1.807, 2.05) is 6.07 Å². The van der Waals surface area contributed by atoms with Crippen LogP contribution in [0.15, 0.2) is 23.1 Å². The molecule has 1 aromatic rings. The minimum absolute atomic E-state index is 1.11. The van der Waals surface area contributed by atoms with Crippen molar-refractivity contribution < 1.29 is 0 Å². The predicted molar refractivity (Wildman–Crippen MR) is 46.4 cm³/mol. The summed E-state index contributed by atoms with van der Waals surface area (Å²) < 4.78 is 0. The zero-order chi connectivity index (χ0) is 7.40. The van der Waals surface area contributed by atoms with E-state index in [0.29, 0.717) is 0 Å². The second kappa shape index (κ2) is 3.67. The molecule has 1 rings (SSSR count). The third kappa shape index (κ3) is 1.77. The molecule has 53 valence electrons. The predicted octanol–water partition coefficient (Wildman–Crippen LogP) is 2.77. The molecule has 0 aliphatic heterocycles. The second-order valence-corrected chi connectivity index (χ2v) is 2.97. The van der Waals surface area contributed by atoms with Gasteiger partial charge in [-0.25, -0.2) is 0 Å². The van der Waals surface area contributed by atoms with Crippen LogP contribution in [0.2, 0.25) is 0 Å². The van der Waals surface area contributed by atoms with Gasteiger partial charge in [-0.1, -0.05) is 19.1 Å². The van der Waals surface area contributed by atoms with E-state index in [9.17, 15) is 0 Å². The SMILES string of the molecule is CCc1cc[c]c(SC)c1. The molecule has 0 N–H and O–H groups in total. The monoisotopic (exact) mass is 151 g/mol. The lowest BCUT2D eigenvalue weighted by molar-refractivity contribution is 1.12. The molecule has 0 atom stereocenters. The van der Waals surface area contributed by atoms with Gasteiger partial charge in [0.25, 0.3) is 0 Å². The average Bonchev–Trinajstić information content (AvgIpc) is 2.05. The number of thioether (sulfide) groups is 1. The van der Waals surface area contributed by atoms with Crippen molar-refractivity contribution in [1.82, 2.24) is 0 Å². The summed E-state index contributed by atoms with van der Waals surface area (Å²) in [5.41, 5.74) is 1.39. The summed E-state index contributed by atoms with van der Waals surface area (Å²) in [4.78, 5) is 1.24. The van der Waals surface area contributed by atoms with E-state index < -0.39 is 0 Å². The first-order valence-electron chi connectivity index (χ1n) is 3.41. The van der Waals surface area contributed by atoms with Crippen molar-refractivity contribution in [2.45, 2.75) is 18.2 Å². The molecule has 1 aromatic carbocycles. The molecule has 0 aliphatic carbocycles. The molecule has 0 saturated carbocycles. The summed E-state index contributed by atoms with van der Waals surface area (Å²) in [5, 5.41) is 0. The molecular formula is C9H11S. The van der Waals surface area contributed by atoms with Crippen LogP contribution in [-0.4, -0.2) is 6.26 Å². The third-order valence-electron chi connectivity index (χ3n) is 1.47. The fraction of sp³-hybridized carbons (Fsp3) is 0.333. The summed E-state index contributed by atoms with van der Waals surface area (Å²) >= 11 is 1.74. The molecular weight excluding hydrogens is 140 g/mol. The van der Waals surface area contributed by atoms with Crippen molar-refractivity contribution in [2.75, 3.05) is 6.26 Å². The molecule has 1 radical (unpaired) electrons. The summed E-state index contributed by atoms with van der Waals surface area (Å²) in [6.45, 7) is 2.17. The first-order valence-corrected chi connectivity index (χ1v) is 4.64. The highest BCUT2D eigenvalue weighted by molar-refractivity contribution is 7.98. The van der Waals surface area contributed by atoms with Crippen LogP contribution >= 0.6 is 11.8 Å². The van der Waals surface area contributed by atoms with Crippen molar-refractivity contribution in [2.24, 2.45) is 0 Å². The smallest absolute Gasteiger partial charge is 0.0151 e. The van der Waals surface area contributed by atoms with Crippen LogP contribution in [0, 0.1) is 6.07 Å². The molecule has 0 bridgehead atoms. The van der Waals surface area contributed by atoms with Crippen LogP contribution in [0.5, 0.6) is 0 Å².